The maximum atomic E-state index is 11.4. The third-order valence-electron chi connectivity index (χ3n) is 2.52. The van der Waals surface area contributed by atoms with Crippen LogP contribution in [0.4, 0.5) is 0 Å². The predicted molar refractivity (Wildman–Crippen MR) is 71.4 cm³/mol. The van der Waals surface area contributed by atoms with Crippen LogP contribution in [0.1, 0.15) is 30.3 Å². The molecule has 0 aliphatic heterocycles. The maximum Gasteiger partial charge on any atom is 0.243 e. The number of hydrogen-bond acceptors (Lipinski definition) is 5. The number of thioether (sulfide) groups is 1. The lowest BCUT2D eigenvalue weighted by Crippen LogP contribution is -2.24. The summed E-state index contributed by atoms with van der Waals surface area (Å²) in [6, 6.07) is 0. The van der Waals surface area contributed by atoms with E-state index in [-0.39, 0.29) is 5.91 Å². The Kier molecular flexibility index (Phi) is 6.07. The van der Waals surface area contributed by atoms with Gasteiger partial charge in [-0.15, -0.1) is 0 Å². The molecule has 1 heterocycles. The first-order valence-electron chi connectivity index (χ1n) is 5.87. The summed E-state index contributed by atoms with van der Waals surface area (Å²) in [5, 5.41) is 0.771. The molecule has 0 spiro atoms. The van der Waals surface area contributed by atoms with E-state index in [4.69, 9.17) is 4.84 Å². The molecule has 0 saturated heterocycles. The Labute approximate surface area is 112 Å². The van der Waals surface area contributed by atoms with Crippen LogP contribution in [-0.2, 0) is 16.1 Å². The number of carbonyl (C=O) groups is 1. The highest BCUT2D eigenvalue weighted by atomic mass is 32.2. The number of hydroxylamine groups is 1. The van der Waals surface area contributed by atoms with E-state index in [9.17, 15) is 4.79 Å². The van der Waals surface area contributed by atoms with Crippen LogP contribution in [0.2, 0.25) is 0 Å². The molecule has 100 valence electrons. The summed E-state index contributed by atoms with van der Waals surface area (Å²) in [7, 11) is 0. The monoisotopic (exact) mass is 269 g/mol. The highest BCUT2D eigenvalue weighted by Gasteiger charge is 2.10. The molecule has 0 fully saturated rings. The highest BCUT2D eigenvalue weighted by molar-refractivity contribution is 7.98. The Morgan fingerprint density at radius 3 is 2.44 bits per heavy atom. The summed E-state index contributed by atoms with van der Waals surface area (Å²) in [5.41, 5.74) is 5.30. The van der Waals surface area contributed by atoms with Crippen molar-refractivity contribution >= 4 is 17.7 Å². The Balaban J connectivity index is 2.65. The minimum atomic E-state index is -0.121. The smallest absolute Gasteiger partial charge is 0.243 e. The Hall–Kier alpha value is -1.14. The van der Waals surface area contributed by atoms with Crippen molar-refractivity contribution in [2.45, 2.75) is 38.8 Å². The number of aromatic nitrogens is 2. The van der Waals surface area contributed by atoms with Crippen LogP contribution in [-0.4, -0.2) is 28.7 Å². The molecule has 1 aromatic rings. The molecule has 6 heteroatoms. The van der Waals surface area contributed by atoms with Crippen molar-refractivity contribution in [3.63, 3.8) is 0 Å². The van der Waals surface area contributed by atoms with Gasteiger partial charge in [0.05, 0.1) is 6.61 Å². The van der Waals surface area contributed by atoms with Gasteiger partial charge in [0.1, 0.15) is 0 Å². The quantitative estimate of drug-likeness (QED) is 0.485. The van der Waals surface area contributed by atoms with Crippen molar-refractivity contribution in [2.75, 3.05) is 12.9 Å². The van der Waals surface area contributed by atoms with Gasteiger partial charge in [0, 0.05) is 17.8 Å². The van der Waals surface area contributed by atoms with Crippen LogP contribution in [0, 0.1) is 13.8 Å². The van der Waals surface area contributed by atoms with E-state index in [1.54, 1.807) is 0 Å². The van der Waals surface area contributed by atoms with Gasteiger partial charge in [0.15, 0.2) is 5.16 Å². The van der Waals surface area contributed by atoms with Gasteiger partial charge in [0.2, 0.25) is 5.91 Å². The average Bonchev–Trinajstić information content (AvgIpc) is 2.34. The lowest BCUT2D eigenvalue weighted by atomic mass is 10.1. The summed E-state index contributed by atoms with van der Waals surface area (Å²) >= 11 is 1.52. The molecule has 0 aromatic carbocycles. The van der Waals surface area contributed by atoms with Gasteiger partial charge in [-0.05, 0) is 39.0 Å². The third-order valence-corrected chi connectivity index (χ3v) is 3.06. The summed E-state index contributed by atoms with van der Waals surface area (Å²) in [4.78, 5) is 25.0. The fourth-order valence-electron chi connectivity index (χ4n) is 1.60. The molecule has 0 bridgehead atoms. The maximum absolute atomic E-state index is 11.4. The molecular weight excluding hydrogens is 250 g/mol. The molecule has 1 amide bonds. The van der Waals surface area contributed by atoms with Crippen LogP contribution in [0.25, 0.3) is 0 Å². The van der Waals surface area contributed by atoms with Gasteiger partial charge < -0.3 is 0 Å². The fraction of sp³-hybridized carbons (Fsp3) is 0.583. The van der Waals surface area contributed by atoms with E-state index >= 15 is 0 Å². The van der Waals surface area contributed by atoms with E-state index < -0.39 is 0 Å². The minimum absolute atomic E-state index is 0.121. The third kappa shape index (κ3) is 4.27. The van der Waals surface area contributed by atoms with Crippen LogP contribution in [0.3, 0.4) is 0 Å². The van der Waals surface area contributed by atoms with E-state index in [0.717, 1.165) is 22.1 Å². The Bertz CT molecular complexity index is 401. The lowest BCUT2D eigenvalue weighted by Gasteiger charge is -2.09. The van der Waals surface area contributed by atoms with Crippen molar-refractivity contribution in [2.24, 2.45) is 0 Å². The SMILES string of the molecule is CCONC(=O)CCc1c(C)nc(SC)nc1C. The zero-order chi connectivity index (χ0) is 13.5. The second-order valence-corrected chi connectivity index (χ2v) is 4.59. The molecule has 1 N–H and O–H groups in total. The van der Waals surface area contributed by atoms with Crippen LogP contribution in [0.5, 0.6) is 0 Å². The zero-order valence-electron chi connectivity index (χ0n) is 11.2. The number of nitrogens with one attached hydrogen (secondary N) is 1. The van der Waals surface area contributed by atoms with Gasteiger partial charge in [0.25, 0.3) is 0 Å². The fourth-order valence-corrected chi connectivity index (χ4v) is 2.06. The first-order valence-corrected chi connectivity index (χ1v) is 7.09. The standard InChI is InChI=1S/C12H19N3O2S/c1-5-17-15-11(16)7-6-10-8(2)13-12(18-4)14-9(10)3/h5-7H2,1-4H3,(H,15,16). The van der Waals surface area contributed by atoms with Gasteiger partial charge in [-0.2, -0.15) is 0 Å². The van der Waals surface area contributed by atoms with Gasteiger partial charge >= 0.3 is 0 Å². The molecular formula is C12H19N3O2S. The number of rotatable bonds is 6. The Morgan fingerprint density at radius 1 is 1.33 bits per heavy atom. The number of aryl methyl sites for hydroxylation is 2. The first kappa shape index (κ1) is 14.9. The number of carbonyl (C=O) groups excluding carboxylic acids is 1. The zero-order valence-corrected chi connectivity index (χ0v) is 12.1. The molecule has 1 aromatic heterocycles. The van der Waals surface area contributed by atoms with Crippen molar-refractivity contribution in [3.8, 4) is 0 Å². The van der Waals surface area contributed by atoms with E-state index in [1.807, 2.05) is 27.0 Å². The van der Waals surface area contributed by atoms with E-state index in [0.29, 0.717) is 19.4 Å². The van der Waals surface area contributed by atoms with Crippen molar-refractivity contribution < 1.29 is 9.63 Å². The van der Waals surface area contributed by atoms with Crippen LogP contribution >= 0.6 is 11.8 Å². The molecule has 0 aliphatic rings. The molecule has 0 radical (unpaired) electrons. The molecule has 0 unspecified atom stereocenters. The van der Waals surface area contributed by atoms with Crippen molar-refractivity contribution in [1.82, 2.24) is 15.4 Å². The highest BCUT2D eigenvalue weighted by Crippen LogP contribution is 2.16. The second-order valence-electron chi connectivity index (χ2n) is 3.82. The molecule has 1 rings (SSSR count). The summed E-state index contributed by atoms with van der Waals surface area (Å²) in [6.07, 6.45) is 2.96. The van der Waals surface area contributed by atoms with Crippen LogP contribution < -0.4 is 5.48 Å². The number of amides is 1. The first-order chi connectivity index (χ1) is 8.58. The molecule has 5 nitrogen and oxygen atoms in total. The van der Waals surface area contributed by atoms with Gasteiger partial charge in [-0.1, -0.05) is 11.8 Å². The van der Waals surface area contributed by atoms with E-state index in [2.05, 4.69) is 15.4 Å². The molecule has 18 heavy (non-hydrogen) atoms. The second kappa shape index (κ2) is 7.33. The predicted octanol–water partition coefficient (Wildman–Crippen LogP) is 1.82. The topological polar surface area (TPSA) is 64.1 Å². The number of nitrogens with zero attached hydrogens (tertiary/aromatic N) is 2. The minimum Gasteiger partial charge on any atom is -0.274 e. The normalized spacial score (nSPS) is 10.4. The van der Waals surface area contributed by atoms with Crippen molar-refractivity contribution in [3.05, 3.63) is 17.0 Å². The summed E-state index contributed by atoms with van der Waals surface area (Å²) < 4.78 is 0. The largest absolute Gasteiger partial charge is 0.274 e. The van der Waals surface area contributed by atoms with Gasteiger partial charge in [-0.25, -0.2) is 15.4 Å². The summed E-state index contributed by atoms with van der Waals surface area (Å²) in [6.45, 7) is 6.19. The lowest BCUT2D eigenvalue weighted by molar-refractivity contribution is -0.133. The average molecular weight is 269 g/mol. The van der Waals surface area contributed by atoms with E-state index in [1.165, 1.54) is 11.8 Å². The molecule has 0 saturated carbocycles. The Morgan fingerprint density at radius 2 is 1.94 bits per heavy atom. The molecule has 0 aliphatic carbocycles. The van der Waals surface area contributed by atoms with Crippen LogP contribution in [0.15, 0.2) is 5.16 Å². The van der Waals surface area contributed by atoms with Crippen molar-refractivity contribution in [1.29, 1.82) is 0 Å². The number of hydrogen-bond donors (Lipinski definition) is 1. The molecule has 0 atom stereocenters. The summed E-state index contributed by atoms with van der Waals surface area (Å²) in [5.74, 6) is -0.121. The van der Waals surface area contributed by atoms with Gasteiger partial charge in [-0.3, -0.25) is 9.63 Å².